The zero-order valence-electron chi connectivity index (χ0n) is 10.1. The standard InChI is InChI=1S/C11H16ClN3O3/c1-17-8-9(12)13-7-14-10(8)15-11(6-16)2-4-18-5-3-11/h7,16H,2-6H2,1H3,(H,13,14,15). The summed E-state index contributed by atoms with van der Waals surface area (Å²) in [6.07, 6.45) is 2.76. The molecule has 0 aliphatic carbocycles. The van der Waals surface area contributed by atoms with Crippen LogP contribution in [0.1, 0.15) is 12.8 Å². The second kappa shape index (κ2) is 5.69. The van der Waals surface area contributed by atoms with E-state index in [0.717, 1.165) is 0 Å². The van der Waals surface area contributed by atoms with Crippen LogP contribution in [0.4, 0.5) is 5.82 Å². The third-order valence-electron chi connectivity index (χ3n) is 3.10. The van der Waals surface area contributed by atoms with E-state index >= 15 is 0 Å². The number of halogens is 1. The van der Waals surface area contributed by atoms with Gasteiger partial charge in [-0.25, -0.2) is 9.97 Å². The molecule has 0 atom stereocenters. The van der Waals surface area contributed by atoms with Crippen molar-refractivity contribution in [3.63, 3.8) is 0 Å². The van der Waals surface area contributed by atoms with Gasteiger partial charge in [-0.1, -0.05) is 11.6 Å². The van der Waals surface area contributed by atoms with Gasteiger partial charge in [-0.2, -0.15) is 0 Å². The summed E-state index contributed by atoms with van der Waals surface area (Å²) in [5.41, 5.74) is -0.441. The lowest BCUT2D eigenvalue weighted by Gasteiger charge is -2.37. The van der Waals surface area contributed by atoms with E-state index in [2.05, 4.69) is 15.3 Å². The Kier molecular flexibility index (Phi) is 4.21. The van der Waals surface area contributed by atoms with Crippen LogP contribution in [0.2, 0.25) is 5.15 Å². The molecule has 0 amide bonds. The van der Waals surface area contributed by atoms with Gasteiger partial charge in [0.15, 0.2) is 16.7 Å². The topological polar surface area (TPSA) is 76.5 Å². The molecule has 1 saturated heterocycles. The van der Waals surface area contributed by atoms with Crippen molar-refractivity contribution in [2.24, 2.45) is 0 Å². The van der Waals surface area contributed by atoms with Gasteiger partial charge in [0.25, 0.3) is 0 Å². The Hall–Kier alpha value is -1.11. The van der Waals surface area contributed by atoms with Crippen molar-refractivity contribution in [1.82, 2.24) is 9.97 Å². The van der Waals surface area contributed by atoms with E-state index in [-0.39, 0.29) is 11.8 Å². The molecule has 0 spiro atoms. The van der Waals surface area contributed by atoms with Gasteiger partial charge in [-0.15, -0.1) is 0 Å². The molecule has 0 bridgehead atoms. The number of rotatable bonds is 4. The maximum Gasteiger partial charge on any atom is 0.198 e. The van der Waals surface area contributed by atoms with Crippen LogP contribution in [0.15, 0.2) is 6.33 Å². The SMILES string of the molecule is COc1c(Cl)ncnc1NC1(CO)CCOCC1. The number of aliphatic hydroxyl groups excluding tert-OH is 1. The number of nitrogens with zero attached hydrogens (tertiary/aromatic N) is 2. The molecule has 1 aliphatic rings. The summed E-state index contributed by atoms with van der Waals surface area (Å²) in [6, 6.07) is 0. The fourth-order valence-corrected chi connectivity index (χ4v) is 2.17. The van der Waals surface area contributed by atoms with E-state index in [9.17, 15) is 5.11 Å². The predicted octanol–water partition coefficient (Wildman–Crippen LogP) is 1.09. The van der Waals surface area contributed by atoms with Crippen molar-refractivity contribution in [2.45, 2.75) is 18.4 Å². The molecule has 100 valence electrons. The molecule has 2 rings (SSSR count). The predicted molar refractivity (Wildman–Crippen MR) is 67.1 cm³/mol. The number of hydrogen-bond donors (Lipinski definition) is 2. The summed E-state index contributed by atoms with van der Waals surface area (Å²) < 4.78 is 10.5. The Labute approximate surface area is 110 Å². The Morgan fingerprint density at radius 2 is 2.22 bits per heavy atom. The maximum absolute atomic E-state index is 9.60. The first-order chi connectivity index (χ1) is 8.71. The van der Waals surface area contributed by atoms with Gasteiger partial charge in [0.2, 0.25) is 0 Å². The lowest BCUT2D eigenvalue weighted by atomic mass is 9.91. The molecule has 2 heterocycles. The molecule has 1 aliphatic heterocycles. The van der Waals surface area contributed by atoms with E-state index < -0.39 is 5.54 Å². The van der Waals surface area contributed by atoms with Crippen LogP contribution in [0.3, 0.4) is 0 Å². The first-order valence-corrected chi connectivity index (χ1v) is 6.10. The highest BCUT2D eigenvalue weighted by Crippen LogP contribution is 2.33. The number of nitrogens with one attached hydrogen (secondary N) is 1. The second-order valence-corrected chi connectivity index (χ2v) is 4.58. The molecule has 1 fully saturated rings. The van der Waals surface area contributed by atoms with Crippen molar-refractivity contribution < 1.29 is 14.6 Å². The zero-order chi connectivity index (χ0) is 13.0. The van der Waals surface area contributed by atoms with E-state index in [0.29, 0.717) is 37.6 Å². The monoisotopic (exact) mass is 273 g/mol. The third kappa shape index (κ3) is 2.66. The van der Waals surface area contributed by atoms with Gasteiger partial charge in [0, 0.05) is 13.2 Å². The van der Waals surface area contributed by atoms with Crippen LogP contribution in [-0.2, 0) is 4.74 Å². The quantitative estimate of drug-likeness (QED) is 0.800. The Balaban J connectivity index is 2.24. The van der Waals surface area contributed by atoms with Gasteiger partial charge in [0.05, 0.1) is 19.3 Å². The van der Waals surface area contributed by atoms with Crippen LogP contribution in [0.5, 0.6) is 5.75 Å². The maximum atomic E-state index is 9.60. The van der Waals surface area contributed by atoms with Crippen molar-refractivity contribution in [1.29, 1.82) is 0 Å². The molecule has 7 heteroatoms. The van der Waals surface area contributed by atoms with Crippen LogP contribution < -0.4 is 10.1 Å². The molecule has 18 heavy (non-hydrogen) atoms. The second-order valence-electron chi connectivity index (χ2n) is 4.22. The highest BCUT2D eigenvalue weighted by atomic mass is 35.5. The number of methoxy groups -OCH3 is 1. The number of anilines is 1. The summed E-state index contributed by atoms with van der Waals surface area (Å²) in [7, 11) is 1.51. The van der Waals surface area contributed by atoms with Gasteiger partial charge in [0.1, 0.15) is 6.33 Å². The summed E-state index contributed by atoms with van der Waals surface area (Å²) in [4.78, 5) is 7.97. The summed E-state index contributed by atoms with van der Waals surface area (Å²) in [5, 5.41) is 13.1. The molecule has 1 aromatic heterocycles. The first kappa shape index (κ1) is 13.3. The molecular weight excluding hydrogens is 258 g/mol. The number of aliphatic hydroxyl groups is 1. The largest absolute Gasteiger partial charge is 0.490 e. The Bertz CT molecular complexity index is 411. The average molecular weight is 274 g/mol. The highest BCUT2D eigenvalue weighted by Gasteiger charge is 2.33. The normalized spacial score (nSPS) is 18.4. The molecule has 0 saturated carbocycles. The Morgan fingerprint density at radius 3 is 2.83 bits per heavy atom. The van der Waals surface area contributed by atoms with Gasteiger partial charge in [-0.05, 0) is 12.8 Å². The van der Waals surface area contributed by atoms with E-state index in [1.807, 2.05) is 0 Å². The summed E-state index contributed by atoms with van der Waals surface area (Å²) in [5.74, 6) is 0.881. The van der Waals surface area contributed by atoms with Gasteiger partial charge in [-0.3, -0.25) is 0 Å². The van der Waals surface area contributed by atoms with Crippen molar-refractivity contribution in [3.8, 4) is 5.75 Å². The van der Waals surface area contributed by atoms with Crippen molar-refractivity contribution >= 4 is 17.4 Å². The van der Waals surface area contributed by atoms with E-state index in [1.165, 1.54) is 13.4 Å². The average Bonchev–Trinajstić information content (AvgIpc) is 2.40. The minimum absolute atomic E-state index is 0.00113. The fraction of sp³-hybridized carbons (Fsp3) is 0.636. The third-order valence-corrected chi connectivity index (χ3v) is 3.37. The Morgan fingerprint density at radius 1 is 1.50 bits per heavy atom. The van der Waals surface area contributed by atoms with E-state index in [1.54, 1.807) is 0 Å². The smallest absolute Gasteiger partial charge is 0.198 e. The fourth-order valence-electron chi connectivity index (χ4n) is 1.96. The molecule has 0 radical (unpaired) electrons. The first-order valence-electron chi connectivity index (χ1n) is 5.72. The van der Waals surface area contributed by atoms with Crippen LogP contribution in [0, 0.1) is 0 Å². The summed E-state index contributed by atoms with van der Waals surface area (Å²) in [6.45, 7) is 1.21. The van der Waals surface area contributed by atoms with Crippen LogP contribution in [0.25, 0.3) is 0 Å². The highest BCUT2D eigenvalue weighted by molar-refractivity contribution is 6.31. The molecule has 0 unspecified atom stereocenters. The summed E-state index contributed by atoms with van der Waals surface area (Å²) >= 11 is 5.93. The zero-order valence-corrected chi connectivity index (χ0v) is 10.9. The lowest BCUT2D eigenvalue weighted by molar-refractivity contribution is 0.0377. The van der Waals surface area contributed by atoms with Gasteiger partial charge < -0.3 is 19.9 Å². The van der Waals surface area contributed by atoms with Crippen LogP contribution >= 0.6 is 11.6 Å². The van der Waals surface area contributed by atoms with Crippen molar-refractivity contribution in [3.05, 3.63) is 11.5 Å². The van der Waals surface area contributed by atoms with Crippen molar-refractivity contribution in [2.75, 3.05) is 32.2 Å². The number of aromatic nitrogens is 2. The molecular formula is C11H16ClN3O3. The number of hydrogen-bond acceptors (Lipinski definition) is 6. The van der Waals surface area contributed by atoms with E-state index in [4.69, 9.17) is 21.1 Å². The minimum Gasteiger partial charge on any atom is -0.490 e. The molecule has 0 aromatic carbocycles. The number of ether oxygens (including phenoxy) is 2. The molecule has 6 nitrogen and oxygen atoms in total. The molecule has 1 aromatic rings. The van der Waals surface area contributed by atoms with Gasteiger partial charge >= 0.3 is 0 Å². The van der Waals surface area contributed by atoms with Crippen LogP contribution in [-0.4, -0.2) is 47.5 Å². The molecule has 2 N–H and O–H groups in total. The minimum atomic E-state index is -0.441. The lowest BCUT2D eigenvalue weighted by Crippen LogP contribution is -2.47.